The van der Waals surface area contributed by atoms with Gasteiger partial charge in [0, 0.05) is 29.3 Å². The second-order valence-corrected chi connectivity index (χ2v) is 10.6. The number of ketones is 1. The number of methoxy groups -OCH3 is 2. The third-order valence-corrected chi connectivity index (χ3v) is 7.87. The number of carbonyl (C=O) groups is 2. The Kier molecular flexibility index (Phi) is 9.43. The van der Waals surface area contributed by atoms with Crippen molar-refractivity contribution in [3.8, 4) is 28.7 Å². The van der Waals surface area contributed by atoms with E-state index in [1.54, 1.807) is 26.4 Å². The fraction of sp³-hybridized carbons (Fsp3) is 0.314. The van der Waals surface area contributed by atoms with Gasteiger partial charge >= 0.3 is 5.97 Å². The predicted octanol–water partition coefficient (Wildman–Crippen LogP) is 5.79. The smallest absolute Gasteiger partial charge is 0.336 e. The van der Waals surface area contributed by atoms with Crippen LogP contribution in [0.2, 0.25) is 0 Å². The van der Waals surface area contributed by atoms with Gasteiger partial charge in [-0.15, -0.1) is 0 Å². The average Bonchev–Trinajstić information content (AvgIpc) is 3.03. The molecule has 0 radical (unpaired) electrons. The predicted molar refractivity (Wildman–Crippen MR) is 164 cm³/mol. The number of ether oxygens (including phenoxy) is 5. The van der Waals surface area contributed by atoms with Gasteiger partial charge in [0.1, 0.15) is 19.0 Å². The number of hydrogen-bond donors (Lipinski definition) is 2. The highest BCUT2D eigenvalue weighted by atomic mass is 16.6. The number of aromatic hydroxyl groups is 1. The Labute approximate surface area is 257 Å². The number of carbonyl (C=O) groups excluding carboxylic acids is 2. The Hall–Kier alpha value is -4.92. The van der Waals surface area contributed by atoms with E-state index in [-0.39, 0.29) is 42.8 Å². The summed E-state index contributed by atoms with van der Waals surface area (Å²) in [6, 6.07) is 19.9. The molecule has 0 fully saturated rings. The number of allylic oxidation sites excluding steroid dienone is 3. The van der Waals surface area contributed by atoms with E-state index in [2.05, 4.69) is 5.32 Å². The van der Waals surface area contributed by atoms with E-state index in [1.807, 2.05) is 62.4 Å². The van der Waals surface area contributed by atoms with Crippen molar-refractivity contribution >= 4 is 11.8 Å². The molecule has 9 nitrogen and oxygen atoms in total. The Morgan fingerprint density at radius 1 is 0.886 bits per heavy atom. The first kappa shape index (κ1) is 30.5. The second-order valence-electron chi connectivity index (χ2n) is 10.6. The Bertz CT molecular complexity index is 1590. The normalized spacial score (nSPS) is 17.9. The number of phenols is 1. The number of esters is 1. The summed E-state index contributed by atoms with van der Waals surface area (Å²) in [7, 11) is 3.16. The van der Waals surface area contributed by atoms with Crippen LogP contribution in [-0.4, -0.2) is 50.9 Å². The fourth-order valence-corrected chi connectivity index (χ4v) is 5.86. The Morgan fingerprint density at radius 2 is 1.61 bits per heavy atom. The summed E-state index contributed by atoms with van der Waals surface area (Å²) in [5.74, 6) is 0.680. The summed E-state index contributed by atoms with van der Waals surface area (Å²) in [6.07, 6.45) is 0.795. The molecule has 5 rings (SSSR count). The highest BCUT2D eigenvalue weighted by molar-refractivity contribution is 6.04. The minimum absolute atomic E-state index is 0.0230. The van der Waals surface area contributed by atoms with Crippen molar-refractivity contribution in [1.29, 1.82) is 0 Å². The van der Waals surface area contributed by atoms with Gasteiger partial charge in [0.15, 0.2) is 28.8 Å². The highest BCUT2D eigenvalue weighted by Gasteiger charge is 2.42. The van der Waals surface area contributed by atoms with Crippen LogP contribution in [0.1, 0.15) is 49.7 Å². The number of rotatable bonds is 11. The molecule has 1 aliphatic heterocycles. The molecule has 230 valence electrons. The van der Waals surface area contributed by atoms with Crippen molar-refractivity contribution in [2.75, 3.05) is 34.0 Å². The maximum atomic E-state index is 14.0. The maximum Gasteiger partial charge on any atom is 0.336 e. The molecule has 9 heteroatoms. The summed E-state index contributed by atoms with van der Waals surface area (Å²) in [4.78, 5) is 27.7. The van der Waals surface area contributed by atoms with Crippen LogP contribution in [0.3, 0.4) is 0 Å². The van der Waals surface area contributed by atoms with E-state index in [0.717, 1.165) is 11.3 Å². The number of phenolic OH excluding ortho intramolecular Hbond substituents is 1. The molecule has 2 atom stereocenters. The van der Waals surface area contributed by atoms with Gasteiger partial charge in [-0.05, 0) is 73.7 Å². The largest absolute Gasteiger partial charge is 0.504 e. The van der Waals surface area contributed by atoms with Crippen molar-refractivity contribution < 1.29 is 38.4 Å². The highest BCUT2D eigenvalue weighted by Crippen LogP contribution is 2.47. The molecule has 3 aromatic carbocycles. The van der Waals surface area contributed by atoms with Crippen LogP contribution in [0.15, 0.2) is 89.3 Å². The topological polar surface area (TPSA) is 113 Å². The van der Waals surface area contributed by atoms with Crippen molar-refractivity contribution in [2.24, 2.45) is 0 Å². The Balaban J connectivity index is 1.47. The first-order chi connectivity index (χ1) is 21.3. The molecule has 3 aromatic rings. The zero-order valence-electron chi connectivity index (χ0n) is 25.3. The van der Waals surface area contributed by atoms with E-state index >= 15 is 0 Å². The SMILES string of the molecule is CCOc1cc([C@@H]2C(C(=O)OCCOc3ccccc3)=C(C)NC3=C2C(=O)C[C@H](c2ccc(OC)c(OC)c2)C3)ccc1O. The van der Waals surface area contributed by atoms with E-state index < -0.39 is 11.9 Å². The van der Waals surface area contributed by atoms with Crippen molar-refractivity contribution in [1.82, 2.24) is 5.32 Å². The molecule has 1 aliphatic carbocycles. The van der Waals surface area contributed by atoms with E-state index in [9.17, 15) is 14.7 Å². The maximum absolute atomic E-state index is 14.0. The number of hydrogen-bond acceptors (Lipinski definition) is 9. The molecular weight excluding hydrogens is 562 g/mol. The summed E-state index contributed by atoms with van der Waals surface area (Å²) in [5, 5.41) is 13.8. The minimum atomic E-state index is -0.715. The summed E-state index contributed by atoms with van der Waals surface area (Å²) in [5.41, 5.74) is 3.77. The summed E-state index contributed by atoms with van der Waals surface area (Å²) >= 11 is 0. The van der Waals surface area contributed by atoms with Gasteiger partial charge in [-0.1, -0.05) is 30.3 Å². The monoisotopic (exact) mass is 599 g/mol. The molecule has 2 N–H and O–H groups in total. The standard InChI is InChI=1S/C35H37NO8/c1-5-42-30-20-23(11-13-27(30)37)33-32(35(39)44-16-15-43-25-9-7-6-8-10-25)21(2)36-26-17-24(18-28(38)34(26)33)22-12-14-29(40-3)31(19-22)41-4/h6-14,19-20,24,33,36-37H,5,15-18H2,1-4H3/t24-,33-/m1/s1. The Morgan fingerprint density at radius 3 is 2.34 bits per heavy atom. The number of dihydropyridines is 1. The lowest BCUT2D eigenvalue weighted by molar-refractivity contribution is -0.140. The van der Waals surface area contributed by atoms with Crippen molar-refractivity contribution in [3.05, 3.63) is 100 Å². The van der Waals surface area contributed by atoms with E-state index in [1.165, 1.54) is 6.07 Å². The molecule has 0 spiro atoms. The zero-order valence-corrected chi connectivity index (χ0v) is 25.3. The molecule has 0 amide bonds. The molecule has 0 unspecified atom stereocenters. The quantitative estimate of drug-likeness (QED) is 0.209. The van der Waals surface area contributed by atoms with Gasteiger partial charge in [-0.3, -0.25) is 4.79 Å². The molecule has 2 aliphatic rings. The lowest BCUT2D eigenvalue weighted by atomic mass is 9.71. The molecule has 0 saturated carbocycles. The number of nitrogens with one attached hydrogen (secondary N) is 1. The van der Waals surface area contributed by atoms with Crippen LogP contribution in [0.5, 0.6) is 28.7 Å². The van der Waals surface area contributed by atoms with Gasteiger partial charge in [0.25, 0.3) is 0 Å². The molecule has 0 saturated heterocycles. The molecule has 1 heterocycles. The van der Waals surface area contributed by atoms with Gasteiger partial charge < -0.3 is 34.1 Å². The van der Waals surface area contributed by atoms with E-state index in [0.29, 0.717) is 52.7 Å². The fourth-order valence-electron chi connectivity index (χ4n) is 5.86. The molecule has 0 bridgehead atoms. The number of Topliss-reactive ketones (excluding diaryl/α,β-unsaturated/α-hetero) is 1. The van der Waals surface area contributed by atoms with Gasteiger partial charge in [0.05, 0.1) is 26.4 Å². The van der Waals surface area contributed by atoms with Crippen molar-refractivity contribution in [3.63, 3.8) is 0 Å². The van der Waals surface area contributed by atoms with Gasteiger partial charge in [-0.2, -0.15) is 0 Å². The van der Waals surface area contributed by atoms with Crippen molar-refractivity contribution in [2.45, 2.75) is 38.5 Å². The zero-order chi connectivity index (χ0) is 31.2. The van der Waals surface area contributed by atoms with Gasteiger partial charge in [-0.25, -0.2) is 4.79 Å². The van der Waals surface area contributed by atoms with E-state index in [4.69, 9.17) is 23.7 Å². The van der Waals surface area contributed by atoms with Crippen LogP contribution < -0.4 is 24.3 Å². The van der Waals surface area contributed by atoms with Crippen LogP contribution >= 0.6 is 0 Å². The average molecular weight is 600 g/mol. The first-order valence-electron chi connectivity index (χ1n) is 14.6. The lowest BCUT2D eigenvalue weighted by Crippen LogP contribution is -2.36. The molecular formula is C35H37NO8. The van der Waals surface area contributed by atoms with Crippen LogP contribution in [-0.2, 0) is 14.3 Å². The van der Waals surface area contributed by atoms with Crippen LogP contribution in [0, 0.1) is 0 Å². The number of benzene rings is 3. The third-order valence-electron chi connectivity index (χ3n) is 7.87. The number of para-hydroxylation sites is 1. The molecule has 44 heavy (non-hydrogen) atoms. The van der Waals surface area contributed by atoms with Gasteiger partial charge in [0.2, 0.25) is 0 Å². The minimum Gasteiger partial charge on any atom is -0.504 e. The first-order valence-corrected chi connectivity index (χ1v) is 14.6. The lowest BCUT2D eigenvalue weighted by Gasteiger charge is -2.37. The molecule has 0 aromatic heterocycles. The van der Waals surface area contributed by atoms with Crippen LogP contribution in [0.4, 0.5) is 0 Å². The third kappa shape index (κ3) is 6.37. The second kappa shape index (κ2) is 13.6. The van der Waals surface area contributed by atoms with Crippen LogP contribution in [0.25, 0.3) is 0 Å². The summed E-state index contributed by atoms with van der Waals surface area (Å²) < 4.78 is 27.9. The summed E-state index contributed by atoms with van der Waals surface area (Å²) in [6.45, 7) is 4.17.